The Balaban J connectivity index is 1.60. The van der Waals surface area contributed by atoms with Crippen molar-refractivity contribution >= 4 is 0 Å². The molecule has 4 heteroatoms. The third-order valence-electron chi connectivity index (χ3n) is 5.51. The minimum Gasteiger partial charge on any atom is -0.390 e. The summed E-state index contributed by atoms with van der Waals surface area (Å²) >= 11 is 0. The molecule has 0 aromatic carbocycles. The van der Waals surface area contributed by atoms with Crippen molar-refractivity contribution < 1.29 is 14.6 Å². The summed E-state index contributed by atoms with van der Waals surface area (Å²) in [7, 11) is 0. The van der Waals surface area contributed by atoms with E-state index in [1.165, 1.54) is 19.3 Å². The second-order valence-corrected chi connectivity index (χ2v) is 7.23. The molecule has 3 saturated heterocycles. The molecule has 3 rings (SSSR count). The molecule has 0 aromatic heterocycles. The zero-order valence-corrected chi connectivity index (χ0v) is 12.7. The molecule has 0 bridgehead atoms. The Hall–Kier alpha value is -0.160. The minimum atomic E-state index is -0.589. The van der Waals surface area contributed by atoms with E-state index in [1.807, 2.05) is 6.92 Å². The van der Waals surface area contributed by atoms with Crippen molar-refractivity contribution in [3.8, 4) is 0 Å². The minimum absolute atomic E-state index is 0.104. The number of rotatable bonds is 3. The first-order valence-corrected chi connectivity index (χ1v) is 8.27. The number of hydrogen-bond acceptors (Lipinski definition) is 4. The maximum absolute atomic E-state index is 11.0. The lowest BCUT2D eigenvalue weighted by atomic mass is 9.73. The summed E-state index contributed by atoms with van der Waals surface area (Å²) in [6.07, 6.45) is 7.55. The van der Waals surface area contributed by atoms with Gasteiger partial charge in [-0.2, -0.15) is 0 Å². The summed E-state index contributed by atoms with van der Waals surface area (Å²) in [6.45, 7) is 5.41. The first-order valence-electron chi connectivity index (χ1n) is 8.27. The summed E-state index contributed by atoms with van der Waals surface area (Å²) < 4.78 is 11.5. The van der Waals surface area contributed by atoms with Crippen LogP contribution in [-0.2, 0) is 9.47 Å². The molecule has 116 valence electrons. The van der Waals surface area contributed by atoms with Crippen LogP contribution >= 0.6 is 0 Å². The molecule has 4 unspecified atom stereocenters. The van der Waals surface area contributed by atoms with Crippen molar-refractivity contribution in [3.63, 3.8) is 0 Å². The lowest BCUT2D eigenvalue weighted by Gasteiger charge is -2.44. The van der Waals surface area contributed by atoms with Gasteiger partial charge in [-0.05, 0) is 51.5 Å². The highest BCUT2D eigenvalue weighted by atomic mass is 16.6. The first kappa shape index (κ1) is 14.8. The highest BCUT2D eigenvalue weighted by molar-refractivity contribution is 4.97. The van der Waals surface area contributed by atoms with Gasteiger partial charge >= 0.3 is 0 Å². The van der Waals surface area contributed by atoms with Gasteiger partial charge in [0, 0.05) is 25.7 Å². The summed E-state index contributed by atoms with van der Waals surface area (Å²) in [5, 5.41) is 14.6. The predicted molar refractivity (Wildman–Crippen MR) is 77.7 cm³/mol. The Kier molecular flexibility index (Phi) is 4.37. The Morgan fingerprint density at radius 2 is 2.20 bits per heavy atom. The third kappa shape index (κ3) is 3.19. The summed E-state index contributed by atoms with van der Waals surface area (Å²) in [6, 6.07) is 0.484. The van der Waals surface area contributed by atoms with E-state index in [-0.39, 0.29) is 5.60 Å². The molecule has 0 aromatic rings. The molecule has 1 spiro atoms. The fraction of sp³-hybridized carbons (Fsp3) is 1.00. The fourth-order valence-corrected chi connectivity index (χ4v) is 4.19. The third-order valence-corrected chi connectivity index (χ3v) is 5.51. The zero-order valence-electron chi connectivity index (χ0n) is 12.7. The average molecular weight is 283 g/mol. The highest BCUT2D eigenvalue weighted by Crippen LogP contribution is 2.41. The molecule has 3 aliphatic rings. The number of hydrogen-bond donors (Lipinski definition) is 2. The van der Waals surface area contributed by atoms with Gasteiger partial charge in [0.25, 0.3) is 0 Å². The van der Waals surface area contributed by atoms with Crippen molar-refractivity contribution in [2.45, 2.75) is 69.1 Å². The van der Waals surface area contributed by atoms with Crippen LogP contribution in [-0.4, -0.2) is 48.7 Å². The van der Waals surface area contributed by atoms with E-state index >= 15 is 0 Å². The molecule has 0 aliphatic carbocycles. The number of nitrogens with one attached hydrogen (secondary N) is 1. The van der Waals surface area contributed by atoms with E-state index in [0.29, 0.717) is 18.6 Å². The maximum Gasteiger partial charge on any atom is 0.0940 e. The standard InChI is InChI=1S/C16H29NO3/c1-15(18,11-14-4-2-3-7-17-14)13-5-8-20-16(10-13)6-9-19-12-16/h13-14,17-18H,2-12H2,1H3. The topological polar surface area (TPSA) is 50.7 Å². The summed E-state index contributed by atoms with van der Waals surface area (Å²) in [5.74, 6) is 0.335. The summed E-state index contributed by atoms with van der Waals surface area (Å²) in [4.78, 5) is 0. The fourth-order valence-electron chi connectivity index (χ4n) is 4.19. The molecule has 0 amide bonds. The zero-order chi connectivity index (χ0) is 14.1. The molecule has 4 nitrogen and oxygen atoms in total. The van der Waals surface area contributed by atoms with Gasteiger partial charge in [0.15, 0.2) is 0 Å². The van der Waals surface area contributed by atoms with Gasteiger partial charge in [0.1, 0.15) is 0 Å². The van der Waals surface area contributed by atoms with Crippen LogP contribution in [0.2, 0.25) is 0 Å². The Bertz CT molecular complexity index is 320. The van der Waals surface area contributed by atoms with Gasteiger partial charge in [-0.1, -0.05) is 6.42 Å². The van der Waals surface area contributed by atoms with Gasteiger partial charge in [0.2, 0.25) is 0 Å². The Morgan fingerprint density at radius 1 is 1.30 bits per heavy atom. The van der Waals surface area contributed by atoms with Gasteiger partial charge in [-0.25, -0.2) is 0 Å². The normalized spacial score (nSPS) is 41.7. The highest BCUT2D eigenvalue weighted by Gasteiger charge is 2.46. The number of piperidine rings is 1. The van der Waals surface area contributed by atoms with Crippen molar-refractivity contribution in [2.75, 3.05) is 26.4 Å². The number of ether oxygens (including phenoxy) is 2. The van der Waals surface area contributed by atoms with Gasteiger partial charge in [-0.15, -0.1) is 0 Å². The van der Waals surface area contributed by atoms with Crippen molar-refractivity contribution in [3.05, 3.63) is 0 Å². The maximum atomic E-state index is 11.0. The molecule has 0 saturated carbocycles. The molecule has 20 heavy (non-hydrogen) atoms. The second kappa shape index (κ2) is 5.91. The molecule has 3 aliphatic heterocycles. The van der Waals surface area contributed by atoms with Crippen LogP contribution in [0.15, 0.2) is 0 Å². The predicted octanol–water partition coefficient (Wildman–Crippen LogP) is 1.86. The van der Waals surface area contributed by atoms with Crippen molar-refractivity contribution in [1.82, 2.24) is 5.32 Å². The molecule has 3 heterocycles. The van der Waals surface area contributed by atoms with Gasteiger partial charge < -0.3 is 19.9 Å². The SMILES string of the molecule is CC(O)(CC1CCCCN1)C1CCOC2(CCOC2)C1. The summed E-state index contributed by atoms with van der Waals surface area (Å²) in [5.41, 5.74) is -0.693. The van der Waals surface area contributed by atoms with E-state index in [0.717, 1.165) is 45.4 Å². The molecule has 3 fully saturated rings. The lowest BCUT2D eigenvalue weighted by Crippen LogP contribution is -2.50. The van der Waals surface area contributed by atoms with E-state index in [4.69, 9.17) is 9.47 Å². The van der Waals surface area contributed by atoms with E-state index in [2.05, 4.69) is 5.32 Å². The smallest absolute Gasteiger partial charge is 0.0940 e. The van der Waals surface area contributed by atoms with Crippen LogP contribution in [0.4, 0.5) is 0 Å². The van der Waals surface area contributed by atoms with Gasteiger partial charge in [-0.3, -0.25) is 0 Å². The van der Waals surface area contributed by atoms with Crippen LogP contribution in [0.1, 0.15) is 51.9 Å². The lowest BCUT2D eigenvalue weighted by molar-refractivity contribution is -0.141. The number of aliphatic hydroxyl groups is 1. The average Bonchev–Trinajstić information content (AvgIpc) is 2.87. The molecular weight excluding hydrogens is 254 g/mol. The van der Waals surface area contributed by atoms with Crippen LogP contribution in [0.25, 0.3) is 0 Å². The Morgan fingerprint density at radius 3 is 2.90 bits per heavy atom. The largest absolute Gasteiger partial charge is 0.390 e. The molecule has 4 atom stereocenters. The van der Waals surface area contributed by atoms with Crippen LogP contribution in [0, 0.1) is 5.92 Å². The Labute approximate surface area is 122 Å². The van der Waals surface area contributed by atoms with Crippen LogP contribution < -0.4 is 5.32 Å². The molecular formula is C16H29NO3. The quantitative estimate of drug-likeness (QED) is 0.830. The van der Waals surface area contributed by atoms with Crippen LogP contribution in [0.3, 0.4) is 0 Å². The van der Waals surface area contributed by atoms with E-state index in [1.54, 1.807) is 0 Å². The van der Waals surface area contributed by atoms with Crippen LogP contribution in [0.5, 0.6) is 0 Å². The van der Waals surface area contributed by atoms with Gasteiger partial charge in [0.05, 0.1) is 17.8 Å². The van der Waals surface area contributed by atoms with Crippen molar-refractivity contribution in [1.29, 1.82) is 0 Å². The van der Waals surface area contributed by atoms with E-state index in [9.17, 15) is 5.11 Å². The first-order chi connectivity index (χ1) is 9.60. The monoisotopic (exact) mass is 283 g/mol. The molecule has 2 N–H and O–H groups in total. The molecule has 0 radical (unpaired) electrons. The van der Waals surface area contributed by atoms with E-state index < -0.39 is 5.60 Å². The second-order valence-electron chi connectivity index (χ2n) is 7.23. The van der Waals surface area contributed by atoms with Crippen molar-refractivity contribution in [2.24, 2.45) is 5.92 Å².